The lowest BCUT2D eigenvalue weighted by Gasteiger charge is -2.16. The van der Waals surface area contributed by atoms with Crippen LogP contribution in [0.5, 0.6) is 0 Å². The Morgan fingerprint density at radius 1 is 1.44 bits per heavy atom. The molecule has 100 valence electrons. The number of pyridine rings is 1. The molecule has 18 heavy (non-hydrogen) atoms. The fourth-order valence-corrected chi connectivity index (χ4v) is 3.24. The minimum Gasteiger partial charge on any atom is -0.315 e. The van der Waals surface area contributed by atoms with Crippen LogP contribution in [0.25, 0.3) is 0 Å². The highest BCUT2D eigenvalue weighted by Crippen LogP contribution is 2.12. The third-order valence-electron chi connectivity index (χ3n) is 2.85. The van der Waals surface area contributed by atoms with Gasteiger partial charge in [0.2, 0.25) is 5.03 Å². The number of rotatable bonds is 3. The van der Waals surface area contributed by atoms with Crippen LogP contribution in [0.1, 0.15) is 19.3 Å². The topological polar surface area (TPSA) is 71.1 Å². The SMILES string of the molecule is O=S(=O)(NC1CCCCNC1)c1ncccc1F. The Balaban J connectivity index is 2.14. The van der Waals surface area contributed by atoms with Gasteiger partial charge < -0.3 is 5.32 Å². The minimum absolute atomic E-state index is 0.209. The van der Waals surface area contributed by atoms with Crippen LogP contribution in [0.4, 0.5) is 4.39 Å². The quantitative estimate of drug-likeness (QED) is 0.848. The first-order chi connectivity index (χ1) is 8.59. The second kappa shape index (κ2) is 5.73. The normalized spacial score (nSPS) is 21.5. The number of hydrogen-bond donors (Lipinski definition) is 2. The smallest absolute Gasteiger partial charge is 0.261 e. The van der Waals surface area contributed by atoms with Gasteiger partial charge in [-0.2, -0.15) is 0 Å². The summed E-state index contributed by atoms with van der Waals surface area (Å²) in [7, 11) is -3.88. The molecular weight excluding hydrogens is 257 g/mol. The van der Waals surface area contributed by atoms with E-state index in [-0.39, 0.29) is 6.04 Å². The molecule has 1 aromatic rings. The molecule has 0 saturated carbocycles. The van der Waals surface area contributed by atoms with Crippen molar-refractivity contribution in [1.82, 2.24) is 15.0 Å². The van der Waals surface area contributed by atoms with Gasteiger partial charge in [-0.05, 0) is 31.5 Å². The van der Waals surface area contributed by atoms with Crippen LogP contribution in [0, 0.1) is 5.82 Å². The van der Waals surface area contributed by atoms with Crippen molar-refractivity contribution in [1.29, 1.82) is 0 Å². The number of sulfonamides is 1. The molecule has 0 amide bonds. The number of hydrogen-bond acceptors (Lipinski definition) is 4. The maximum absolute atomic E-state index is 13.4. The molecular formula is C11H16FN3O2S. The van der Waals surface area contributed by atoms with Gasteiger partial charge in [-0.3, -0.25) is 0 Å². The molecule has 0 bridgehead atoms. The van der Waals surface area contributed by atoms with Crippen molar-refractivity contribution in [3.8, 4) is 0 Å². The molecule has 7 heteroatoms. The Morgan fingerprint density at radius 3 is 3.06 bits per heavy atom. The molecule has 0 aliphatic carbocycles. The van der Waals surface area contributed by atoms with Crippen LogP contribution in [-0.4, -0.2) is 32.5 Å². The van der Waals surface area contributed by atoms with Gasteiger partial charge in [0.05, 0.1) is 0 Å². The highest BCUT2D eigenvalue weighted by Gasteiger charge is 2.24. The third kappa shape index (κ3) is 3.24. The third-order valence-corrected chi connectivity index (χ3v) is 4.30. The summed E-state index contributed by atoms with van der Waals surface area (Å²) >= 11 is 0. The van der Waals surface area contributed by atoms with E-state index in [9.17, 15) is 12.8 Å². The summed E-state index contributed by atoms with van der Waals surface area (Å²) in [6.07, 6.45) is 3.99. The molecule has 1 atom stereocenters. The summed E-state index contributed by atoms with van der Waals surface area (Å²) in [5, 5.41) is 2.61. The molecule has 0 radical (unpaired) electrons. The second-order valence-electron chi connectivity index (χ2n) is 4.31. The van der Waals surface area contributed by atoms with Gasteiger partial charge in [-0.15, -0.1) is 0 Å². The van der Waals surface area contributed by atoms with E-state index in [1.54, 1.807) is 0 Å². The van der Waals surface area contributed by atoms with Crippen molar-refractivity contribution >= 4 is 10.0 Å². The van der Waals surface area contributed by atoms with Gasteiger partial charge in [-0.25, -0.2) is 22.5 Å². The van der Waals surface area contributed by atoms with Gasteiger partial charge >= 0.3 is 0 Å². The Kier molecular flexibility index (Phi) is 4.26. The molecule has 1 aliphatic rings. The van der Waals surface area contributed by atoms with Crippen LogP contribution in [0.3, 0.4) is 0 Å². The zero-order valence-corrected chi connectivity index (χ0v) is 10.7. The van der Waals surface area contributed by atoms with E-state index in [2.05, 4.69) is 15.0 Å². The van der Waals surface area contributed by atoms with Crippen molar-refractivity contribution in [3.05, 3.63) is 24.1 Å². The Bertz CT molecular complexity index is 499. The fraction of sp³-hybridized carbons (Fsp3) is 0.545. The Morgan fingerprint density at radius 2 is 2.28 bits per heavy atom. The first kappa shape index (κ1) is 13.4. The summed E-state index contributed by atoms with van der Waals surface area (Å²) in [6, 6.07) is 2.24. The Hall–Kier alpha value is -1.05. The molecule has 1 unspecified atom stereocenters. The van der Waals surface area contributed by atoms with Gasteiger partial charge in [0, 0.05) is 18.8 Å². The predicted octanol–water partition coefficient (Wildman–Crippen LogP) is 0.641. The lowest BCUT2D eigenvalue weighted by atomic mass is 10.2. The summed E-state index contributed by atoms with van der Waals surface area (Å²) in [6.45, 7) is 1.45. The van der Waals surface area contributed by atoms with E-state index in [0.717, 1.165) is 31.9 Å². The standard InChI is InChI=1S/C11H16FN3O2S/c12-10-5-3-7-14-11(10)18(16,17)15-9-4-1-2-6-13-8-9/h3,5,7,9,13,15H,1-2,4,6,8H2. The first-order valence-electron chi connectivity index (χ1n) is 5.93. The predicted molar refractivity (Wildman–Crippen MR) is 65.0 cm³/mol. The average Bonchev–Trinajstić information content (AvgIpc) is 2.57. The van der Waals surface area contributed by atoms with Crippen molar-refractivity contribution in [3.63, 3.8) is 0 Å². The molecule has 1 aliphatic heterocycles. The van der Waals surface area contributed by atoms with E-state index >= 15 is 0 Å². The van der Waals surface area contributed by atoms with Gasteiger partial charge in [0.1, 0.15) is 0 Å². The van der Waals surface area contributed by atoms with E-state index in [1.165, 1.54) is 12.3 Å². The number of halogens is 1. The summed E-state index contributed by atoms with van der Waals surface area (Å²) in [4.78, 5) is 3.59. The maximum Gasteiger partial charge on any atom is 0.261 e. The van der Waals surface area contributed by atoms with E-state index in [0.29, 0.717) is 6.54 Å². The van der Waals surface area contributed by atoms with Crippen molar-refractivity contribution < 1.29 is 12.8 Å². The van der Waals surface area contributed by atoms with Crippen molar-refractivity contribution in [2.24, 2.45) is 0 Å². The van der Waals surface area contributed by atoms with E-state index in [4.69, 9.17) is 0 Å². The summed E-state index contributed by atoms with van der Waals surface area (Å²) in [5.74, 6) is -0.827. The molecule has 2 heterocycles. The molecule has 1 fully saturated rings. The highest BCUT2D eigenvalue weighted by molar-refractivity contribution is 7.89. The van der Waals surface area contributed by atoms with E-state index < -0.39 is 20.9 Å². The van der Waals surface area contributed by atoms with E-state index in [1.807, 2.05) is 0 Å². The molecule has 5 nitrogen and oxygen atoms in total. The van der Waals surface area contributed by atoms with Gasteiger partial charge in [0.15, 0.2) is 5.82 Å². The molecule has 2 rings (SSSR count). The maximum atomic E-state index is 13.4. The number of nitrogens with one attached hydrogen (secondary N) is 2. The lowest BCUT2D eigenvalue weighted by Crippen LogP contribution is -2.41. The lowest BCUT2D eigenvalue weighted by molar-refractivity contribution is 0.507. The molecule has 2 N–H and O–H groups in total. The molecule has 0 spiro atoms. The summed E-state index contributed by atoms with van der Waals surface area (Å²) in [5.41, 5.74) is 0. The van der Waals surface area contributed by atoms with Crippen LogP contribution < -0.4 is 10.0 Å². The van der Waals surface area contributed by atoms with Crippen LogP contribution in [-0.2, 0) is 10.0 Å². The van der Waals surface area contributed by atoms with Crippen LogP contribution in [0.15, 0.2) is 23.4 Å². The second-order valence-corrected chi connectivity index (χ2v) is 5.94. The first-order valence-corrected chi connectivity index (χ1v) is 7.41. The largest absolute Gasteiger partial charge is 0.315 e. The zero-order chi connectivity index (χ0) is 13.0. The Labute approximate surface area is 106 Å². The zero-order valence-electron chi connectivity index (χ0n) is 9.89. The van der Waals surface area contributed by atoms with Gasteiger partial charge in [-0.1, -0.05) is 6.42 Å². The highest BCUT2D eigenvalue weighted by atomic mass is 32.2. The molecule has 0 aromatic carbocycles. The molecule has 1 saturated heterocycles. The van der Waals surface area contributed by atoms with Crippen LogP contribution >= 0.6 is 0 Å². The monoisotopic (exact) mass is 273 g/mol. The number of nitrogens with zero attached hydrogens (tertiary/aromatic N) is 1. The average molecular weight is 273 g/mol. The molecule has 1 aromatic heterocycles. The number of aromatic nitrogens is 1. The fourth-order valence-electron chi connectivity index (χ4n) is 1.96. The van der Waals surface area contributed by atoms with Crippen molar-refractivity contribution in [2.45, 2.75) is 30.3 Å². The van der Waals surface area contributed by atoms with Gasteiger partial charge in [0.25, 0.3) is 10.0 Å². The minimum atomic E-state index is -3.88. The van der Waals surface area contributed by atoms with Crippen molar-refractivity contribution in [2.75, 3.05) is 13.1 Å². The van der Waals surface area contributed by atoms with Crippen LogP contribution in [0.2, 0.25) is 0 Å². The summed E-state index contributed by atoms with van der Waals surface area (Å²) < 4.78 is 39.9.